The van der Waals surface area contributed by atoms with Gasteiger partial charge in [-0.25, -0.2) is 4.79 Å². The molecule has 0 radical (unpaired) electrons. The minimum atomic E-state index is -4.67. The summed E-state index contributed by atoms with van der Waals surface area (Å²) in [7, 11) is 0. The molecular weight excluding hydrogens is 764 g/mol. The molecule has 20 heteroatoms. The topological polar surface area (TPSA) is 185 Å². The van der Waals surface area contributed by atoms with E-state index in [0.29, 0.717) is 17.9 Å². The molecule has 5 N–H and O–H groups in total. The second-order valence-corrected chi connectivity index (χ2v) is 12.7. The lowest BCUT2D eigenvalue weighted by atomic mass is 10.1. The molecule has 290 valence electrons. The predicted molar refractivity (Wildman–Crippen MR) is 184 cm³/mol. The van der Waals surface area contributed by atoms with Crippen LogP contribution in [-0.2, 0) is 32.5 Å². The molecule has 4 aromatic rings. The van der Waals surface area contributed by atoms with Gasteiger partial charge in [0.2, 0.25) is 17.7 Å². The third-order valence-electron chi connectivity index (χ3n) is 8.08. The number of aliphatic carboxylic acids is 1. The van der Waals surface area contributed by atoms with Gasteiger partial charge in [0, 0.05) is 29.2 Å². The van der Waals surface area contributed by atoms with E-state index in [1.54, 1.807) is 24.3 Å². The van der Waals surface area contributed by atoms with E-state index >= 15 is 0 Å². The number of rotatable bonds is 16. The van der Waals surface area contributed by atoms with Crippen LogP contribution in [0.3, 0.4) is 0 Å². The van der Waals surface area contributed by atoms with Crippen LogP contribution in [0.5, 0.6) is 6.01 Å². The number of hydrogen-bond donors (Lipinski definition) is 5. The Morgan fingerprint density at radius 1 is 0.891 bits per heavy atom. The van der Waals surface area contributed by atoms with Gasteiger partial charge in [-0.2, -0.15) is 41.3 Å². The molecule has 1 atom stereocenters. The van der Waals surface area contributed by atoms with Crippen molar-refractivity contribution in [1.29, 1.82) is 0 Å². The summed E-state index contributed by atoms with van der Waals surface area (Å²) in [4.78, 5) is 61.4. The molecule has 1 fully saturated rings. The van der Waals surface area contributed by atoms with E-state index in [0.717, 1.165) is 23.8 Å². The number of anilines is 3. The highest BCUT2D eigenvalue weighted by Gasteiger charge is 2.45. The second kappa shape index (κ2) is 16.6. The molecule has 2 amide bonds. The first-order valence-corrected chi connectivity index (χ1v) is 16.6. The van der Waals surface area contributed by atoms with Crippen LogP contribution >= 0.6 is 11.6 Å². The van der Waals surface area contributed by atoms with Crippen molar-refractivity contribution in [3.8, 4) is 6.01 Å². The lowest BCUT2D eigenvalue weighted by Crippen LogP contribution is -2.43. The van der Waals surface area contributed by atoms with Crippen molar-refractivity contribution >= 4 is 52.8 Å². The third-order valence-corrected chi connectivity index (χ3v) is 8.33. The minimum Gasteiger partial charge on any atom is -0.480 e. The van der Waals surface area contributed by atoms with Gasteiger partial charge < -0.3 is 31.1 Å². The van der Waals surface area contributed by atoms with Gasteiger partial charge in [-0.1, -0.05) is 41.9 Å². The average Bonchev–Trinajstić information content (AvgIpc) is 3.90. The first kappa shape index (κ1) is 40.2. The Morgan fingerprint density at radius 2 is 1.56 bits per heavy atom. The highest BCUT2D eigenvalue weighted by molar-refractivity contribution is 6.36. The molecule has 1 aliphatic rings. The Balaban J connectivity index is 1.18. The summed E-state index contributed by atoms with van der Waals surface area (Å²) in [5.41, 5.74) is -0.483. The molecule has 13 nitrogen and oxygen atoms in total. The number of aromatic nitrogens is 3. The predicted octanol–water partition coefficient (Wildman–Crippen LogP) is 5.83. The first-order valence-electron chi connectivity index (χ1n) is 16.3. The summed E-state index contributed by atoms with van der Waals surface area (Å²) >= 11 is 6.00. The standard InChI is InChI=1S/C35H30ClF6N7O6/c36-23-8-6-21(7-9-23)33(13-14-33)49-31-46-30(47-32(48-31)55-18-34(37,38)39)44-24-10-4-20(5-11-24)27(51)45-25(29(53)54)12-15-43-28(52)26(50)17-19-2-1-3-22(16-19)35(40,41)42/h1-11,16,25H,12-15,17-18H2,(H,43,52)(H,45,51)(H,53,54)(H2,44,46,47,48,49)/t25-/m0/s1. The number of carbonyl (C=O) groups excluding carboxylic acids is 3. The lowest BCUT2D eigenvalue weighted by Gasteiger charge is -2.19. The van der Waals surface area contributed by atoms with Crippen molar-refractivity contribution in [2.75, 3.05) is 23.8 Å². The summed E-state index contributed by atoms with van der Waals surface area (Å²) in [5.74, 6) is -4.75. The SMILES string of the molecule is O=C(Cc1cccc(C(F)(F)F)c1)C(=O)NCC[C@H](NC(=O)c1ccc(Nc2nc(NC3(c4ccc(Cl)cc4)CC3)nc(OCC(F)(F)F)n2)cc1)C(=O)O. The van der Waals surface area contributed by atoms with E-state index in [9.17, 15) is 50.6 Å². The summed E-state index contributed by atoms with van der Waals surface area (Å²) in [5, 5.41) is 20.6. The summed E-state index contributed by atoms with van der Waals surface area (Å²) in [6, 6.07) is 14.2. The zero-order valence-electron chi connectivity index (χ0n) is 28.2. The monoisotopic (exact) mass is 793 g/mol. The Bertz CT molecular complexity index is 2050. The number of amides is 2. The van der Waals surface area contributed by atoms with Crippen LogP contribution in [0.4, 0.5) is 43.9 Å². The van der Waals surface area contributed by atoms with E-state index < -0.39 is 72.1 Å². The number of carbonyl (C=O) groups is 4. The quantitative estimate of drug-likeness (QED) is 0.0680. The minimum absolute atomic E-state index is 0.00272. The number of Topliss-reactive ketones (excluding diaryl/α,β-unsaturated/α-hetero) is 1. The largest absolute Gasteiger partial charge is 0.480 e. The fourth-order valence-corrected chi connectivity index (χ4v) is 5.28. The van der Waals surface area contributed by atoms with Crippen molar-refractivity contribution in [2.45, 2.75) is 49.6 Å². The van der Waals surface area contributed by atoms with Gasteiger partial charge in [0.25, 0.3) is 11.8 Å². The van der Waals surface area contributed by atoms with Crippen molar-refractivity contribution in [3.05, 3.63) is 100 Å². The van der Waals surface area contributed by atoms with Crippen LogP contribution in [0.15, 0.2) is 72.8 Å². The molecular formula is C35H30ClF6N7O6. The van der Waals surface area contributed by atoms with Crippen LogP contribution in [0.1, 0.15) is 46.3 Å². The van der Waals surface area contributed by atoms with Gasteiger partial charge in [0.05, 0.1) is 11.1 Å². The maximum Gasteiger partial charge on any atom is 0.422 e. The molecule has 3 aromatic carbocycles. The van der Waals surface area contributed by atoms with Gasteiger partial charge in [-0.3, -0.25) is 14.4 Å². The van der Waals surface area contributed by atoms with Crippen molar-refractivity contribution in [3.63, 3.8) is 0 Å². The number of carboxylic acid groups (broad SMARTS) is 1. The Hall–Kier alpha value is -5.98. The zero-order chi connectivity index (χ0) is 40.0. The molecule has 55 heavy (non-hydrogen) atoms. The smallest absolute Gasteiger partial charge is 0.422 e. The molecule has 1 heterocycles. The molecule has 1 saturated carbocycles. The summed E-state index contributed by atoms with van der Waals surface area (Å²) < 4.78 is 82.4. The molecule has 0 saturated heterocycles. The normalized spacial score (nSPS) is 13.9. The number of ether oxygens (including phenoxy) is 1. The number of nitrogens with zero attached hydrogens (tertiary/aromatic N) is 3. The van der Waals surface area contributed by atoms with E-state index in [2.05, 4.69) is 36.2 Å². The molecule has 0 spiro atoms. The van der Waals surface area contributed by atoms with Crippen LogP contribution in [0.2, 0.25) is 5.02 Å². The van der Waals surface area contributed by atoms with Gasteiger partial charge in [0.15, 0.2) is 6.61 Å². The molecule has 1 aromatic heterocycles. The van der Waals surface area contributed by atoms with Crippen LogP contribution < -0.4 is 26.0 Å². The molecule has 5 rings (SSSR count). The van der Waals surface area contributed by atoms with Gasteiger partial charge >= 0.3 is 24.3 Å². The highest BCUT2D eigenvalue weighted by Crippen LogP contribution is 2.48. The number of nitrogens with one attached hydrogen (secondary N) is 4. The highest BCUT2D eigenvalue weighted by atomic mass is 35.5. The number of benzene rings is 3. The van der Waals surface area contributed by atoms with Gasteiger partial charge in [0.1, 0.15) is 6.04 Å². The Morgan fingerprint density at radius 3 is 2.18 bits per heavy atom. The fourth-order valence-electron chi connectivity index (χ4n) is 5.16. The Labute approximate surface area is 312 Å². The first-order chi connectivity index (χ1) is 25.9. The van der Waals surface area contributed by atoms with E-state index in [4.69, 9.17) is 16.3 Å². The fraction of sp³-hybridized carbons (Fsp3) is 0.286. The number of halogens is 7. The van der Waals surface area contributed by atoms with Crippen molar-refractivity contribution in [2.24, 2.45) is 0 Å². The van der Waals surface area contributed by atoms with Crippen molar-refractivity contribution in [1.82, 2.24) is 25.6 Å². The lowest BCUT2D eigenvalue weighted by molar-refractivity contribution is -0.154. The molecule has 0 unspecified atom stereocenters. The Kier molecular flexibility index (Phi) is 12.1. The maximum atomic E-state index is 12.9. The average molecular weight is 794 g/mol. The van der Waals surface area contributed by atoms with E-state index in [-0.39, 0.29) is 41.7 Å². The number of alkyl halides is 6. The van der Waals surface area contributed by atoms with Crippen molar-refractivity contribution < 1.29 is 55.4 Å². The maximum absolute atomic E-state index is 12.9. The zero-order valence-corrected chi connectivity index (χ0v) is 29.0. The number of hydrogen-bond acceptors (Lipinski definition) is 10. The van der Waals surface area contributed by atoms with E-state index in [1.807, 2.05) is 0 Å². The summed E-state index contributed by atoms with van der Waals surface area (Å²) in [6.07, 6.45) is -8.93. The third kappa shape index (κ3) is 11.5. The number of carboxylic acids is 1. The van der Waals surface area contributed by atoms with E-state index in [1.165, 1.54) is 30.3 Å². The molecule has 1 aliphatic carbocycles. The van der Waals surface area contributed by atoms with Gasteiger partial charge in [-0.15, -0.1) is 0 Å². The van der Waals surface area contributed by atoms with Crippen LogP contribution in [0.25, 0.3) is 0 Å². The molecule has 0 bridgehead atoms. The van der Waals surface area contributed by atoms with Crippen LogP contribution in [-0.4, -0.2) is 69.0 Å². The second-order valence-electron chi connectivity index (χ2n) is 12.3. The summed E-state index contributed by atoms with van der Waals surface area (Å²) in [6.45, 7) is -2.03. The molecule has 0 aliphatic heterocycles. The number of ketones is 1. The van der Waals surface area contributed by atoms with Crippen LogP contribution in [0, 0.1) is 0 Å². The van der Waals surface area contributed by atoms with Gasteiger partial charge in [-0.05, 0) is 72.9 Å².